The van der Waals surface area contributed by atoms with Crippen LogP contribution in [0.3, 0.4) is 0 Å². The average Bonchev–Trinajstić information content (AvgIpc) is 3.38. The maximum Gasteiger partial charge on any atom is 0.263 e. The van der Waals surface area contributed by atoms with Crippen molar-refractivity contribution in [2.45, 2.75) is 58.5 Å². The van der Waals surface area contributed by atoms with Crippen molar-refractivity contribution in [2.24, 2.45) is 0 Å². The van der Waals surface area contributed by atoms with Gasteiger partial charge in [-0.15, -0.1) is 11.3 Å². The second kappa shape index (κ2) is 8.45. The van der Waals surface area contributed by atoms with Gasteiger partial charge in [-0.05, 0) is 50.3 Å². The Hall–Kier alpha value is -2.21. The largest absolute Gasteiger partial charge is 0.349 e. The van der Waals surface area contributed by atoms with Gasteiger partial charge in [-0.1, -0.05) is 25.5 Å². The third-order valence-corrected chi connectivity index (χ3v) is 5.59. The summed E-state index contributed by atoms with van der Waals surface area (Å²) >= 11 is 1.48. The lowest BCUT2D eigenvalue weighted by Gasteiger charge is -2.06. The highest BCUT2D eigenvalue weighted by Crippen LogP contribution is 2.20. The van der Waals surface area contributed by atoms with Crippen LogP contribution in [0.25, 0.3) is 0 Å². The Bertz CT molecular complexity index is 779. The number of unbranched alkanes of at least 4 members (excludes halogenated alkanes) is 1. The van der Waals surface area contributed by atoms with Crippen molar-refractivity contribution in [3.63, 3.8) is 0 Å². The number of hydrogen-bond donors (Lipinski definition) is 2. The van der Waals surface area contributed by atoms with E-state index in [2.05, 4.69) is 22.5 Å². The van der Waals surface area contributed by atoms with Crippen LogP contribution < -0.4 is 10.6 Å². The molecule has 1 fully saturated rings. The van der Waals surface area contributed by atoms with Gasteiger partial charge in [0.15, 0.2) is 0 Å². The van der Waals surface area contributed by atoms with Crippen LogP contribution in [0.1, 0.15) is 68.9 Å². The van der Waals surface area contributed by atoms with Crippen molar-refractivity contribution < 1.29 is 9.59 Å². The molecule has 1 aliphatic carbocycles. The highest BCUT2D eigenvalue weighted by molar-refractivity contribution is 7.13. The summed E-state index contributed by atoms with van der Waals surface area (Å²) < 4.78 is 0. The number of nitrogens with zero attached hydrogens (tertiary/aromatic N) is 1. The molecule has 2 N–H and O–H groups in total. The third kappa shape index (κ3) is 4.91. The first kappa shape index (κ1) is 18.6. The van der Waals surface area contributed by atoms with Crippen molar-refractivity contribution >= 4 is 23.2 Å². The minimum atomic E-state index is -0.0849. The van der Waals surface area contributed by atoms with E-state index >= 15 is 0 Å². The van der Waals surface area contributed by atoms with Crippen molar-refractivity contribution in [1.29, 1.82) is 0 Å². The van der Waals surface area contributed by atoms with Crippen LogP contribution in [0.2, 0.25) is 0 Å². The van der Waals surface area contributed by atoms with Crippen molar-refractivity contribution in [3.05, 3.63) is 51.0 Å². The molecule has 2 aromatic rings. The van der Waals surface area contributed by atoms with Crippen LogP contribution in [0.15, 0.2) is 24.3 Å². The van der Waals surface area contributed by atoms with E-state index < -0.39 is 0 Å². The van der Waals surface area contributed by atoms with Crippen LogP contribution in [0, 0.1) is 6.92 Å². The Labute approximate surface area is 158 Å². The molecule has 0 bridgehead atoms. The lowest BCUT2D eigenvalue weighted by molar-refractivity contribution is 0.0943. The van der Waals surface area contributed by atoms with Gasteiger partial charge in [0, 0.05) is 18.2 Å². The number of benzene rings is 1. The number of aryl methyl sites for hydroxylation is 2. The summed E-state index contributed by atoms with van der Waals surface area (Å²) in [6.45, 7) is 4.47. The fourth-order valence-electron chi connectivity index (χ4n) is 2.63. The van der Waals surface area contributed by atoms with Gasteiger partial charge in [-0.2, -0.15) is 0 Å². The van der Waals surface area contributed by atoms with E-state index in [1.165, 1.54) is 11.3 Å². The summed E-state index contributed by atoms with van der Waals surface area (Å²) in [5.74, 6) is -0.110. The minimum Gasteiger partial charge on any atom is -0.349 e. The van der Waals surface area contributed by atoms with Crippen molar-refractivity contribution in [2.75, 3.05) is 0 Å². The molecule has 26 heavy (non-hydrogen) atoms. The zero-order chi connectivity index (χ0) is 18.5. The molecule has 1 aromatic heterocycles. The molecule has 2 amide bonds. The van der Waals surface area contributed by atoms with Crippen LogP contribution in [0.4, 0.5) is 0 Å². The van der Waals surface area contributed by atoms with Crippen LogP contribution in [0.5, 0.6) is 0 Å². The topological polar surface area (TPSA) is 71.1 Å². The van der Waals surface area contributed by atoms with E-state index in [-0.39, 0.29) is 11.8 Å². The Balaban J connectivity index is 1.54. The highest BCUT2D eigenvalue weighted by Gasteiger charge is 2.23. The predicted octanol–water partition coefficient (Wildman–Crippen LogP) is 3.62. The predicted molar refractivity (Wildman–Crippen MR) is 104 cm³/mol. The van der Waals surface area contributed by atoms with Crippen molar-refractivity contribution in [1.82, 2.24) is 15.6 Å². The molecule has 1 heterocycles. The van der Waals surface area contributed by atoms with E-state index in [4.69, 9.17) is 0 Å². The smallest absolute Gasteiger partial charge is 0.263 e. The van der Waals surface area contributed by atoms with Gasteiger partial charge in [-0.3, -0.25) is 9.59 Å². The summed E-state index contributed by atoms with van der Waals surface area (Å²) in [7, 11) is 0. The molecule has 1 saturated carbocycles. The highest BCUT2D eigenvalue weighted by atomic mass is 32.1. The molecule has 1 aliphatic rings. The first-order valence-electron chi connectivity index (χ1n) is 9.21. The van der Waals surface area contributed by atoms with Crippen LogP contribution >= 0.6 is 11.3 Å². The number of rotatable bonds is 8. The minimum absolute atomic E-state index is 0.0250. The van der Waals surface area contributed by atoms with Crippen LogP contribution in [-0.2, 0) is 13.0 Å². The summed E-state index contributed by atoms with van der Waals surface area (Å²) in [6, 6.07) is 7.73. The van der Waals surface area contributed by atoms with E-state index in [1.807, 2.05) is 19.1 Å². The van der Waals surface area contributed by atoms with Gasteiger partial charge in [0.2, 0.25) is 0 Å². The Morgan fingerprint density at radius 2 is 1.92 bits per heavy atom. The van der Waals surface area contributed by atoms with E-state index in [9.17, 15) is 9.59 Å². The maximum atomic E-state index is 12.4. The molecule has 0 aliphatic heterocycles. The Morgan fingerprint density at radius 1 is 1.19 bits per heavy atom. The first-order chi connectivity index (χ1) is 12.6. The van der Waals surface area contributed by atoms with Crippen LogP contribution in [-0.4, -0.2) is 22.8 Å². The zero-order valence-corrected chi connectivity index (χ0v) is 16.1. The monoisotopic (exact) mass is 371 g/mol. The SMILES string of the molecule is CCCCc1nc(C)c(C(=O)NCc2ccc(C(=O)NC3CC3)cc2)s1. The zero-order valence-electron chi connectivity index (χ0n) is 15.3. The molecule has 3 rings (SSSR count). The molecule has 0 spiro atoms. The molecule has 5 nitrogen and oxygen atoms in total. The fraction of sp³-hybridized carbons (Fsp3) is 0.450. The molecule has 0 radical (unpaired) electrons. The number of carbonyl (C=O) groups is 2. The number of carbonyl (C=O) groups excluding carboxylic acids is 2. The number of amides is 2. The second-order valence-corrected chi connectivity index (χ2v) is 7.84. The van der Waals surface area contributed by atoms with Gasteiger partial charge >= 0.3 is 0 Å². The van der Waals surface area contributed by atoms with Crippen molar-refractivity contribution in [3.8, 4) is 0 Å². The molecule has 6 heteroatoms. The van der Waals surface area contributed by atoms with E-state index in [0.717, 1.165) is 48.4 Å². The maximum absolute atomic E-state index is 12.4. The lowest BCUT2D eigenvalue weighted by atomic mass is 10.1. The quantitative estimate of drug-likeness (QED) is 0.744. The molecule has 0 unspecified atom stereocenters. The average molecular weight is 372 g/mol. The normalized spacial score (nSPS) is 13.5. The summed E-state index contributed by atoms with van der Waals surface area (Å²) in [4.78, 5) is 29.6. The van der Waals surface area contributed by atoms with E-state index in [0.29, 0.717) is 23.0 Å². The number of hydrogen-bond acceptors (Lipinski definition) is 4. The number of thiazole rings is 1. The third-order valence-electron chi connectivity index (χ3n) is 4.37. The van der Waals surface area contributed by atoms with E-state index in [1.54, 1.807) is 12.1 Å². The first-order valence-corrected chi connectivity index (χ1v) is 10.0. The summed E-state index contributed by atoms with van der Waals surface area (Å²) in [5.41, 5.74) is 2.42. The van der Waals surface area contributed by atoms with Gasteiger partial charge in [-0.25, -0.2) is 4.98 Å². The summed E-state index contributed by atoms with van der Waals surface area (Å²) in [6.07, 6.45) is 5.29. The van der Waals surface area contributed by atoms with Gasteiger partial charge in [0.1, 0.15) is 4.88 Å². The molecular weight excluding hydrogens is 346 g/mol. The number of aromatic nitrogens is 1. The fourth-order valence-corrected chi connectivity index (χ4v) is 3.65. The standard InChI is InChI=1S/C20H25N3O2S/c1-3-4-5-17-22-13(2)18(26-17)20(25)21-12-14-6-8-15(9-7-14)19(24)23-16-10-11-16/h6-9,16H,3-5,10-12H2,1-2H3,(H,21,25)(H,23,24). The molecule has 1 aromatic carbocycles. The number of nitrogens with one attached hydrogen (secondary N) is 2. The van der Waals surface area contributed by atoms with Gasteiger partial charge < -0.3 is 10.6 Å². The molecule has 138 valence electrons. The molecule has 0 saturated heterocycles. The van der Waals surface area contributed by atoms with Gasteiger partial charge in [0.05, 0.1) is 10.7 Å². The summed E-state index contributed by atoms with van der Waals surface area (Å²) in [5, 5.41) is 6.95. The second-order valence-electron chi connectivity index (χ2n) is 6.75. The molecule has 0 atom stereocenters. The Morgan fingerprint density at radius 3 is 2.58 bits per heavy atom. The molecular formula is C20H25N3O2S. The Kier molecular flexibility index (Phi) is 6.04. The van der Waals surface area contributed by atoms with Gasteiger partial charge in [0.25, 0.3) is 11.8 Å². The lowest BCUT2D eigenvalue weighted by Crippen LogP contribution is -2.25.